The molecule has 0 unspecified atom stereocenters. The Balaban J connectivity index is -0.0000000720. The van der Waals surface area contributed by atoms with Crippen LogP contribution in [0.15, 0.2) is 0 Å². The maximum atomic E-state index is 9.58. The van der Waals surface area contributed by atoms with E-state index in [0.717, 1.165) is 6.92 Å². The van der Waals surface area contributed by atoms with E-state index in [0.29, 0.717) is 0 Å². The van der Waals surface area contributed by atoms with Gasteiger partial charge < -0.3 is 18.3 Å². The predicted molar refractivity (Wildman–Crippen MR) is 19.9 cm³/mol. The van der Waals surface area contributed by atoms with E-state index < -0.39 is 12.6 Å². The molecular formula is C3H4AgF3O2. The summed E-state index contributed by atoms with van der Waals surface area (Å²) in [5.74, 6) is -0.833. The van der Waals surface area contributed by atoms with Crippen molar-refractivity contribution in [3.05, 3.63) is 6.68 Å². The molecule has 0 saturated carbocycles. The Labute approximate surface area is 65.6 Å². The van der Waals surface area contributed by atoms with Crippen LogP contribution in [0.2, 0.25) is 0 Å². The van der Waals surface area contributed by atoms with Gasteiger partial charge in [0.15, 0.2) is 6.68 Å². The number of aliphatic carboxylic acids is 1. The fourth-order valence-electron chi connectivity index (χ4n) is 0. The largest absolute Gasteiger partial charge is 1.00 e. The van der Waals surface area contributed by atoms with Crippen LogP contribution in [0.1, 0.15) is 6.92 Å². The standard InChI is InChI=1S/C2H4O2.CF3.Ag/c1-2(3)4;2-1(3)4;/h1H3,(H,3,4);;/q;-1;+1. The van der Waals surface area contributed by atoms with Crippen LogP contribution in [0.4, 0.5) is 13.2 Å². The summed E-state index contributed by atoms with van der Waals surface area (Å²) < 4.78 is 28.8. The van der Waals surface area contributed by atoms with E-state index in [1.807, 2.05) is 0 Å². The molecule has 0 spiro atoms. The Morgan fingerprint density at radius 3 is 1.44 bits per heavy atom. The third-order valence-electron chi connectivity index (χ3n) is 0. The Hall–Kier alpha value is 0.000260. The van der Waals surface area contributed by atoms with Crippen molar-refractivity contribution in [2.75, 3.05) is 0 Å². The first kappa shape index (κ1) is 16.0. The number of rotatable bonds is 0. The summed E-state index contributed by atoms with van der Waals surface area (Å²) in [6.07, 6.45) is 0. The molecule has 0 aromatic rings. The van der Waals surface area contributed by atoms with Crippen molar-refractivity contribution in [2.24, 2.45) is 0 Å². The monoisotopic (exact) mass is 236 g/mol. The average molecular weight is 237 g/mol. The SMILES string of the molecule is CC(=O)O.F[C-](F)F.[Ag+]. The minimum Gasteiger partial charge on any atom is -0.481 e. The smallest absolute Gasteiger partial charge is 0.481 e. The van der Waals surface area contributed by atoms with Gasteiger partial charge in [0.05, 0.1) is 0 Å². The number of halogens is 3. The normalized spacial score (nSPS) is 6.78. The fourth-order valence-corrected chi connectivity index (χ4v) is 0. The van der Waals surface area contributed by atoms with Gasteiger partial charge in [-0.25, -0.2) is 0 Å². The van der Waals surface area contributed by atoms with Crippen molar-refractivity contribution in [2.45, 2.75) is 6.92 Å². The molecule has 0 amide bonds. The predicted octanol–water partition coefficient (Wildman–Crippen LogP) is 1.43. The van der Waals surface area contributed by atoms with E-state index in [-0.39, 0.29) is 22.4 Å². The average Bonchev–Trinajstić information content (AvgIpc) is 1.25. The maximum Gasteiger partial charge on any atom is 1.00 e. The van der Waals surface area contributed by atoms with Gasteiger partial charge in [-0.15, -0.1) is 0 Å². The zero-order chi connectivity index (χ0) is 7.15. The molecule has 0 aromatic heterocycles. The molecule has 9 heavy (non-hydrogen) atoms. The van der Waals surface area contributed by atoms with Gasteiger partial charge in [0, 0.05) is 6.92 Å². The molecule has 0 bridgehead atoms. The summed E-state index contributed by atoms with van der Waals surface area (Å²) in [5.41, 5.74) is 0. The molecule has 0 rings (SSSR count). The molecule has 6 heteroatoms. The summed E-state index contributed by atoms with van der Waals surface area (Å²) in [6, 6.07) is 0. The summed E-state index contributed by atoms with van der Waals surface area (Å²) >= 11 is 0. The summed E-state index contributed by atoms with van der Waals surface area (Å²) in [5, 5.41) is 7.42. The topological polar surface area (TPSA) is 37.3 Å². The maximum absolute atomic E-state index is 9.58. The van der Waals surface area contributed by atoms with Gasteiger partial charge >= 0.3 is 22.4 Å². The first-order valence-electron chi connectivity index (χ1n) is 1.49. The molecule has 0 radical (unpaired) electrons. The second-order valence-electron chi connectivity index (χ2n) is 0.733. The second kappa shape index (κ2) is 10.9. The van der Waals surface area contributed by atoms with Crippen LogP contribution in [0.5, 0.6) is 0 Å². The molecule has 1 N–H and O–H groups in total. The van der Waals surface area contributed by atoms with E-state index in [2.05, 4.69) is 0 Å². The molecule has 0 heterocycles. The molecule has 0 aromatic carbocycles. The van der Waals surface area contributed by atoms with Crippen molar-refractivity contribution < 1.29 is 45.5 Å². The van der Waals surface area contributed by atoms with Crippen molar-refractivity contribution in [1.82, 2.24) is 0 Å². The van der Waals surface area contributed by atoms with Gasteiger partial charge in [0.2, 0.25) is 0 Å². The number of hydrogen-bond donors (Lipinski definition) is 1. The molecule has 60 valence electrons. The van der Waals surface area contributed by atoms with Gasteiger partial charge in [-0.3, -0.25) is 4.79 Å². The van der Waals surface area contributed by atoms with Crippen LogP contribution in [-0.2, 0) is 27.2 Å². The number of carboxylic acid groups (broad SMARTS) is 1. The molecule has 0 aliphatic rings. The van der Waals surface area contributed by atoms with Crippen molar-refractivity contribution in [3.63, 3.8) is 0 Å². The zero-order valence-corrected chi connectivity index (χ0v) is 5.77. The van der Waals surface area contributed by atoms with Crippen LogP contribution in [-0.4, -0.2) is 11.1 Å². The number of carbonyl (C=O) groups is 1. The second-order valence-corrected chi connectivity index (χ2v) is 0.733. The van der Waals surface area contributed by atoms with Crippen LogP contribution >= 0.6 is 0 Å². The molecule has 0 aliphatic heterocycles. The van der Waals surface area contributed by atoms with Crippen molar-refractivity contribution >= 4 is 5.97 Å². The van der Waals surface area contributed by atoms with Crippen molar-refractivity contribution in [1.29, 1.82) is 0 Å². The molecular weight excluding hydrogens is 233 g/mol. The summed E-state index contributed by atoms with van der Waals surface area (Å²) in [4.78, 5) is 9.00. The minimum absolute atomic E-state index is 0. The van der Waals surface area contributed by atoms with Crippen LogP contribution in [0.3, 0.4) is 0 Å². The number of hydrogen-bond acceptors (Lipinski definition) is 1. The molecule has 2 nitrogen and oxygen atoms in total. The Morgan fingerprint density at radius 2 is 1.44 bits per heavy atom. The Kier molecular flexibility index (Phi) is 19.4. The van der Waals surface area contributed by atoms with E-state index >= 15 is 0 Å². The van der Waals surface area contributed by atoms with Gasteiger partial charge in [0.1, 0.15) is 0 Å². The zero-order valence-electron chi connectivity index (χ0n) is 4.29. The van der Waals surface area contributed by atoms with Gasteiger partial charge in [0.25, 0.3) is 5.97 Å². The van der Waals surface area contributed by atoms with E-state index in [9.17, 15) is 13.2 Å². The van der Waals surface area contributed by atoms with Crippen LogP contribution in [0, 0.1) is 6.68 Å². The third kappa shape index (κ3) is 4270000000. The van der Waals surface area contributed by atoms with E-state index in [4.69, 9.17) is 9.90 Å². The first-order chi connectivity index (χ1) is 3.46. The van der Waals surface area contributed by atoms with Crippen LogP contribution < -0.4 is 0 Å². The van der Waals surface area contributed by atoms with Crippen LogP contribution in [0.25, 0.3) is 0 Å². The van der Waals surface area contributed by atoms with E-state index in [1.54, 1.807) is 0 Å². The summed E-state index contributed by atoms with van der Waals surface area (Å²) in [6.45, 7) is -2.00. The van der Waals surface area contributed by atoms with Gasteiger partial charge in [-0.05, 0) is 0 Å². The Bertz CT molecular complexity index is 61.3. The molecule has 0 atom stereocenters. The molecule has 0 fully saturated rings. The van der Waals surface area contributed by atoms with Crippen molar-refractivity contribution in [3.8, 4) is 0 Å². The minimum atomic E-state index is -3.08. The summed E-state index contributed by atoms with van der Waals surface area (Å²) in [7, 11) is 0. The molecule has 0 saturated heterocycles. The quantitative estimate of drug-likeness (QED) is 0.511. The van der Waals surface area contributed by atoms with Gasteiger partial charge in [-0.2, -0.15) is 0 Å². The van der Waals surface area contributed by atoms with E-state index in [1.165, 1.54) is 0 Å². The number of carboxylic acids is 1. The fraction of sp³-hybridized carbons (Fsp3) is 0.333. The van der Waals surface area contributed by atoms with Gasteiger partial charge in [-0.1, -0.05) is 0 Å². The first-order valence-corrected chi connectivity index (χ1v) is 1.49. The molecule has 0 aliphatic carbocycles. The Morgan fingerprint density at radius 1 is 1.44 bits per heavy atom. The third-order valence-corrected chi connectivity index (χ3v) is 0.